The molecule has 0 bridgehead atoms. The topological polar surface area (TPSA) is 54.9 Å². The van der Waals surface area contributed by atoms with Gasteiger partial charge in [-0.15, -0.1) is 24.0 Å². The zero-order valence-electron chi connectivity index (χ0n) is 14.4. The van der Waals surface area contributed by atoms with Gasteiger partial charge in [0.05, 0.1) is 17.2 Å². The summed E-state index contributed by atoms with van der Waals surface area (Å²) in [6.45, 7) is 7.26. The first kappa shape index (κ1) is 22.3. The van der Waals surface area contributed by atoms with Gasteiger partial charge in [-0.25, -0.2) is 0 Å². The fourth-order valence-corrected chi connectivity index (χ4v) is 1.81. The SMILES string of the molecule is CN=C(NCC(C)Oc1ccccc1Cl)NCC(C)(C)OC.I. The van der Waals surface area contributed by atoms with Gasteiger partial charge in [0.25, 0.3) is 0 Å². The molecule has 0 saturated carbocycles. The molecule has 1 aromatic rings. The molecule has 1 atom stereocenters. The number of rotatable bonds is 7. The van der Waals surface area contributed by atoms with Crippen molar-refractivity contribution in [2.45, 2.75) is 32.5 Å². The van der Waals surface area contributed by atoms with E-state index in [2.05, 4.69) is 15.6 Å². The average molecular weight is 456 g/mol. The van der Waals surface area contributed by atoms with Crippen molar-refractivity contribution in [1.29, 1.82) is 0 Å². The third kappa shape index (κ3) is 8.62. The van der Waals surface area contributed by atoms with E-state index in [1.165, 1.54) is 0 Å². The minimum absolute atomic E-state index is 0. The molecule has 0 radical (unpaired) electrons. The van der Waals surface area contributed by atoms with Crippen molar-refractivity contribution in [1.82, 2.24) is 10.6 Å². The lowest BCUT2D eigenvalue weighted by Crippen LogP contribution is -2.47. The molecule has 7 heteroatoms. The summed E-state index contributed by atoms with van der Waals surface area (Å²) < 4.78 is 11.2. The molecule has 5 nitrogen and oxygen atoms in total. The zero-order valence-corrected chi connectivity index (χ0v) is 17.4. The van der Waals surface area contributed by atoms with Crippen LogP contribution >= 0.6 is 35.6 Å². The maximum atomic E-state index is 6.08. The normalized spacial score (nSPS) is 13.0. The van der Waals surface area contributed by atoms with E-state index in [4.69, 9.17) is 21.1 Å². The molecule has 0 spiro atoms. The molecule has 0 aliphatic carbocycles. The number of nitrogens with one attached hydrogen (secondary N) is 2. The average Bonchev–Trinajstić information content (AvgIpc) is 2.50. The number of hydrogen-bond acceptors (Lipinski definition) is 3. The zero-order chi connectivity index (χ0) is 16.6. The van der Waals surface area contributed by atoms with Crippen molar-refractivity contribution in [2.24, 2.45) is 4.99 Å². The molecule has 23 heavy (non-hydrogen) atoms. The summed E-state index contributed by atoms with van der Waals surface area (Å²) >= 11 is 6.08. The Hall–Kier alpha value is -0.730. The van der Waals surface area contributed by atoms with E-state index >= 15 is 0 Å². The number of hydrogen-bond donors (Lipinski definition) is 2. The lowest BCUT2D eigenvalue weighted by molar-refractivity contribution is 0.0268. The van der Waals surface area contributed by atoms with Crippen molar-refractivity contribution in [3.8, 4) is 5.75 Å². The van der Waals surface area contributed by atoms with Crippen LogP contribution in [0.25, 0.3) is 0 Å². The first-order valence-electron chi connectivity index (χ1n) is 7.29. The van der Waals surface area contributed by atoms with Crippen molar-refractivity contribution < 1.29 is 9.47 Å². The lowest BCUT2D eigenvalue weighted by atomic mass is 10.1. The van der Waals surface area contributed by atoms with Crippen LogP contribution in [0.2, 0.25) is 5.02 Å². The molecular formula is C16H27ClIN3O2. The maximum absolute atomic E-state index is 6.08. The smallest absolute Gasteiger partial charge is 0.191 e. The molecule has 0 aliphatic rings. The second-order valence-electron chi connectivity index (χ2n) is 5.63. The molecule has 0 aromatic heterocycles. The Morgan fingerprint density at radius 2 is 1.96 bits per heavy atom. The Labute approximate surface area is 161 Å². The number of nitrogens with zero attached hydrogens (tertiary/aromatic N) is 1. The number of para-hydroxylation sites is 1. The summed E-state index contributed by atoms with van der Waals surface area (Å²) in [5, 5.41) is 7.05. The van der Waals surface area contributed by atoms with Crippen molar-refractivity contribution in [3.05, 3.63) is 29.3 Å². The highest BCUT2D eigenvalue weighted by Crippen LogP contribution is 2.23. The fourth-order valence-electron chi connectivity index (χ4n) is 1.63. The number of guanidine groups is 1. The molecule has 0 amide bonds. The van der Waals surface area contributed by atoms with E-state index in [-0.39, 0.29) is 35.7 Å². The predicted molar refractivity (Wildman–Crippen MR) is 107 cm³/mol. The van der Waals surface area contributed by atoms with Crippen LogP contribution in [0.3, 0.4) is 0 Å². The summed E-state index contributed by atoms with van der Waals surface area (Å²) in [5.41, 5.74) is -0.253. The van der Waals surface area contributed by atoms with Gasteiger partial charge in [0.2, 0.25) is 0 Å². The minimum atomic E-state index is -0.253. The molecule has 0 heterocycles. The molecule has 0 saturated heterocycles. The van der Waals surface area contributed by atoms with Gasteiger partial charge in [-0.05, 0) is 32.9 Å². The summed E-state index contributed by atoms with van der Waals surface area (Å²) in [4.78, 5) is 4.18. The molecule has 0 aliphatic heterocycles. The van der Waals surface area contributed by atoms with E-state index in [9.17, 15) is 0 Å². The monoisotopic (exact) mass is 455 g/mol. The fraction of sp³-hybridized carbons (Fsp3) is 0.562. The Kier molecular flexibility index (Phi) is 10.6. The van der Waals surface area contributed by atoms with Gasteiger partial charge in [-0.1, -0.05) is 23.7 Å². The highest BCUT2D eigenvalue weighted by Gasteiger charge is 2.16. The van der Waals surface area contributed by atoms with Crippen LogP contribution in [-0.2, 0) is 4.74 Å². The Morgan fingerprint density at radius 1 is 1.30 bits per heavy atom. The first-order valence-corrected chi connectivity index (χ1v) is 7.66. The van der Waals surface area contributed by atoms with Crippen molar-refractivity contribution in [3.63, 3.8) is 0 Å². The van der Waals surface area contributed by atoms with Crippen LogP contribution < -0.4 is 15.4 Å². The molecule has 1 rings (SSSR count). The van der Waals surface area contributed by atoms with Crippen LogP contribution in [0.5, 0.6) is 5.75 Å². The highest BCUT2D eigenvalue weighted by molar-refractivity contribution is 14.0. The third-order valence-corrected chi connectivity index (χ3v) is 3.49. The van der Waals surface area contributed by atoms with Crippen LogP contribution in [0.4, 0.5) is 0 Å². The molecule has 2 N–H and O–H groups in total. The summed E-state index contributed by atoms with van der Waals surface area (Å²) in [7, 11) is 3.42. The highest BCUT2D eigenvalue weighted by atomic mass is 127. The molecule has 0 fully saturated rings. The summed E-state index contributed by atoms with van der Waals surface area (Å²) in [6, 6.07) is 7.44. The van der Waals surface area contributed by atoms with Gasteiger partial charge in [0.15, 0.2) is 5.96 Å². The van der Waals surface area contributed by atoms with Crippen molar-refractivity contribution >= 4 is 41.5 Å². The summed E-state index contributed by atoms with van der Waals surface area (Å²) in [5.74, 6) is 1.39. The largest absolute Gasteiger partial charge is 0.487 e. The van der Waals surface area contributed by atoms with E-state index in [1.807, 2.05) is 45.0 Å². The second-order valence-corrected chi connectivity index (χ2v) is 6.04. The predicted octanol–water partition coefficient (Wildman–Crippen LogP) is 3.32. The number of aliphatic imine (C=N–C) groups is 1. The van der Waals surface area contributed by atoms with Gasteiger partial charge in [0.1, 0.15) is 11.9 Å². The molecule has 132 valence electrons. The second kappa shape index (κ2) is 10.9. The number of ether oxygens (including phenoxy) is 2. The number of halogens is 2. The maximum Gasteiger partial charge on any atom is 0.191 e. The van der Waals surface area contributed by atoms with Gasteiger partial charge in [0, 0.05) is 20.7 Å². The Bertz CT molecular complexity index is 498. The van der Waals surface area contributed by atoms with Gasteiger partial charge >= 0.3 is 0 Å². The van der Waals surface area contributed by atoms with E-state index < -0.39 is 0 Å². The van der Waals surface area contributed by atoms with E-state index in [1.54, 1.807) is 14.2 Å². The van der Waals surface area contributed by atoms with E-state index in [0.717, 1.165) is 0 Å². The van der Waals surface area contributed by atoms with Crippen LogP contribution in [0, 0.1) is 0 Å². The standard InChI is InChI=1S/C16H26ClN3O2.HI/c1-12(22-14-9-7-6-8-13(14)17)10-19-15(18-4)20-11-16(2,3)21-5;/h6-9,12H,10-11H2,1-5H3,(H2,18,19,20);1H. The summed E-state index contributed by atoms with van der Waals surface area (Å²) in [6.07, 6.45) is -0.0473. The first-order chi connectivity index (χ1) is 10.4. The molecule has 1 unspecified atom stereocenters. The van der Waals surface area contributed by atoms with Crippen LogP contribution in [0.1, 0.15) is 20.8 Å². The molecular weight excluding hydrogens is 429 g/mol. The Balaban J connectivity index is 0.00000484. The van der Waals surface area contributed by atoms with Gasteiger partial charge < -0.3 is 20.1 Å². The van der Waals surface area contributed by atoms with Crippen molar-refractivity contribution in [2.75, 3.05) is 27.2 Å². The lowest BCUT2D eigenvalue weighted by Gasteiger charge is -2.25. The van der Waals surface area contributed by atoms with Crippen LogP contribution in [-0.4, -0.2) is 44.9 Å². The van der Waals surface area contributed by atoms with Gasteiger partial charge in [-0.3, -0.25) is 4.99 Å². The number of methoxy groups -OCH3 is 1. The quantitative estimate of drug-likeness (QED) is 0.376. The van der Waals surface area contributed by atoms with Gasteiger partial charge in [-0.2, -0.15) is 0 Å². The minimum Gasteiger partial charge on any atom is -0.487 e. The van der Waals surface area contributed by atoms with E-state index in [0.29, 0.717) is 29.8 Å². The Morgan fingerprint density at radius 3 is 2.52 bits per heavy atom. The third-order valence-electron chi connectivity index (χ3n) is 3.18. The molecule has 1 aromatic carbocycles. The van der Waals surface area contributed by atoms with Crippen LogP contribution in [0.15, 0.2) is 29.3 Å². The number of benzene rings is 1.